The maximum absolute atomic E-state index is 14.8. The number of phosphoric acid groups is 2. The van der Waals surface area contributed by atoms with Crippen molar-refractivity contribution in [2.24, 2.45) is 23.7 Å². The first kappa shape index (κ1) is 78.1. The van der Waals surface area contributed by atoms with Gasteiger partial charge in [-0.1, -0.05) is 85.2 Å². The number of aromatic amines is 1. The highest BCUT2D eigenvalue weighted by Gasteiger charge is 2.58. The lowest BCUT2D eigenvalue weighted by Gasteiger charge is -2.48. The van der Waals surface area contributed by atoms with E-state index in [4.69, 9.17) is 29.2 Å². The molecule has 534 valence electrons. The van der Waals surface area contributed by atoms with Crippen LogP contribution in [0.5, 0.6) is 0 Å². The second kappa shape index (κ2) is 33.1. The van der Waals surface area contributed by atoms with Crippen LogP contribution in [-0.2, 0) is 76.1 Å². The summed E-state index contributed by atoms with van der Waals surface area (Å²) in [6, 6.07) is 4.83. The SMILES string of the molecule is CC[C@H](C)[C@@H]([C@@H](CC(=O)N1CCC[C@H]1[C@H](OC)[C@@H](C)C(=O)N[C@H](C)[C@@H](O)c1ccccc1)OC)N(C)C(=O)C(NC(=O)C(C(C)C)N(C)C(=O)CCC(=O)NCC1OC(OP(=O)(O)OP(=O)(O)OCC2OC(O)(n3cnc4c(=O)[nH]c(N)nc43)[C@H]2O)C(O)C(O)C1O)C(C)C. The lowest BCUT2D eigenvalue weighted by molar-refractivity contribution is -0.432. The number of anilines is 1. The van der Waals surface area contributed by atoms with Gasteiger partial charge in [-0.05, 0) is 43.1 Å². The molecule has 6 rings (SSSR count). The van der Waals surface area contributed by atoms with Gasteiger partial charge in [-0.25, -0.2) is 14.1 Å². The third kappa shape index (κ3) is 18.6. The van der Waals surface area contributed by atoms with Gasteiger partial charge in [0.25, 0.3) is 11.5 Å². The minimum Gasteiger partial charge on any atom is -0.388 e. The first-order valence-electron chi connectivity index (χ1n) is 31.1. The van der Waals surface area contributed by atoms with Gasteiger partial charge in [0.1, 0.15) is 48.9 Å². The molecule has 5 heterocycles. The van der Waals surface area contributed by atoms with Crippen LogP contribution in [0.1, 0.15) is 106 Å². The molecule has 20 atom stereocenters. The van der Waals surface area contributed by atoms with Gasteiger partial charge < -0.3 is 95.8 Å². The fourth-order valence-corrected chi connectivity index (χ4v) is 14.2. The number of benzene rings is 1. The van der Waals surface area contributed by atoms with Crippen molar-refractivity contribution in [3.63, 3.8) is 0 Å². The number of nitrogen functional groups attached to an aromatic ring is 1. The van der Waals surface area contributed by atoms with Gasteiger partial charge in [0.2, 0.25) is 41.4 Å². The number of nitrogens with zero attached hydrogens (tertiary/aromatic N) is 6. The Bertz CT molecular complexity index is 3300. The molecule has 3 aromatic rings. The predicted molar refractivity (Wildman–Crippen MR) is 334 cm³/mol. The van der Waals surface area contributed by atoms with Crippen LogP contribution in [0, 0.1) is 23.7 Å². The van der Waals surface area contributed by atoms with E-state index < -0.39 is 186 Å². The highest BCUT2D eigenvalue weighted by atomic mass is 31.3. The molecule has 1 aromatic carbocycles. The van der Waals surface area contributed by atoms with Gasteiger partial charge in [-0.3, -0.25) is 52.2 Å². The van der Waals surface area contributed by atoms with Gasteiger partial charge in [0, 0.05) is 54.2 Å². The Kier molecular flexibility index (Phi) is 27.2. The van der Waals surface area contributed by atoms with Crippen molar-refractivity contribution < 1.29 is 111 Å². The van der Waals surface area contributed by atoms with E-state index in [9.17, 15) is 83.1 Å². The Morgan fingerprint density at radius 2 is 1.55 bits per heavy atom. The number of ether oxygens (including phenoxy) is 4. The number of aliphatic hydroxyl groups excluding tert-OH is 5. The quantitative estimate of drug-likeness (QED) is 0.0319. The molecule has 3 fully saturated rings. The third-order valence-electron chi connectivity index (χ3n) is 17.6. The Balaban J connectivity index is 1.00. The van der Waals surface area contributed by atoms with Gasteiger partial charge in [-0.15, -0.1) is 0 Å². The number of nitrogens with one attached hydrogen (secondary N) is 4. The summed E-state index contributed by atoms with van der Waals surface area (Å²) in [6.45, 7) is 12.7. The van der Waals surface area contributed by atoms with Crippen LogP contribution in [-0.4, -0.2) is 243 Å². The molecule has 0 bridgehead atoms. The zero-order valence-electron chi connectivity index (χ0n) is 55.1. The number of likely N-dealkylation sites (tertiary alicyclic amines) is 1. The summed E-state index contributed by atoms with van der Waals surface area (Å²) < 4.78 is 62.7. The number of fused-ring (bicyclic) bond motifs is 1. The van der Waals surface area contributed by atoms with E-state index in [1.165, 1.54) is 26.2 Å². The van der Waals surface area contributed by atoms with Crippen LogP contribution in [0.2, 0.25) is 0 Å². The van der Waals surface area contributed by atoms with E-state index in [1.807, 2.05) is 19.9 Å². The number of aliphatic hydroxyl groups is 6. The number of nitrogens with two attached hydrogens (primary N) is 1. The molecule has 14 N–H and O–H groups in total. The third-order valence-corrected chi connectivity index (χ3v) is 20.2. The van der Waals surface area contributed by atoms with Crippen molar-refractivity contribution in [3.05, 3.63) is 52.6 Å². The molecule has 37 heteroatoms. The lowest BCUT2D eigenvalue weighted by Crippen LogP contribution is -2.66. The van der Waals surface area contributed by atoms with Crippen molar-refractivity contribution in [2.45, 2.75) is 191 Å². The fraction of sp³-hybridized carbons (Fsp3) is 0.707. The molecule has 3 aliphatic rings. The normalized spacial score (nSPS) is 26.4. The van der Waals surface area contributed by atoms with Crippen molar-refractivity contribution in [1.29, 1.82) is 0 Å². The number of amides is 6. The van der Waals surface area contributed by atoms with E-state index in [2.05, 4.69) is 39.7 Å². The Labute approximate surface area is 548 Å². The van der Waals surface area contributed by atoms with Crippen LogP contribution in [0.25, 0.3) is 11.2 Å². The monoisotopic (exact) mass is 1390 g/mol. The first-order valence-corrected chi connectivity index (χ1v) is 34.1. The molecular weight excluding hydrogens is 1300 g/mol. The lowest BCUT2D eigenvalue weighted by atomic mass is 9.89. The van der Waals surface area contributed by atoms with E-state index in [0.717, 1.165) is 15.8 Å². The van der Waals surface area contributed by atoms with Crippen molar-refractivity contribution in [3.8, 4) is 0 Å². The standard InChI is InChI=1S/C58H93N11O24P2/c1-13-30(6)44(35(87-11)24-40(72)68-23-17-20-34(68)49(88-12)31(7)52(78)62-32(8)45(73)33-18-15-14-16-19-33)67(10)55(81)41(28(2)3)63-54(80)43(29(4)5)66(9)39(71)22-21-38(70)60-25-36-46(74)47(75)48(76)56(90-36)92-95(85,86)93-94(83,84)89-26-37-50(77)58(82,91-37)69-27-61-42-51(69)64-57(59)65-53(42)79/h14-16,18-19,27-32,34-37,41,43-50,56,73-77,82H,13,17,20-26H2,1-12H3,(H,60,70)(H,62,78)(H,63,80)(H,83,84)(H,85,86)(H3,59,64,65,79)/t30-,31+,32+,34-,35+,36?,37?,41?,43?,44-,45+,46?,47?,48?,49+,50-,56?,58?/m0/s1. The van der Waals surface area contributed by atoms with E-state index in [-0.39, 0.29) is 41.3 Å². The van der Waals surface area contributed by atoms with Gasteiger partial charge in [-0.2, -0.15) is 9.29 Å². The summed E-state index contributed by atoms with van der Waals surface area (Å²) in [4.78, 5) is 131. The molecule has 0 radical (unpaired) electrons. The highest BCUT2D eigenvalue weighted by molar-refractivity contribution is 7.61. The van der Waals surface area contributed by atoms with Crippen LogP contribution in [0.4, 0.5) is 5.95 Å². The number of rotatable bonds is 33. The van der Waals surface area contributed by atoms with E-state index in [1.54, 1.807) is 77.8 Å². The number of carbonyl (C=O) groups is 6. The first-order chi connectivity index (χ1) is 44.4. The molecule has 0 saturated carbocycles. The number of likely N-dealkylation sites (N-methyl/N-ethyl adjacent to an activating group) is 2. The predicted octanol–water partition coefficient (Wildman–Crippen LogP) is -1.20. The number of H-pyrrole nitrogens is 1. The summed E-state index contributed by atoms with van der Waals surface area (Å²) in [7, 11) is -5.68. The molecule has 35 nitrogen and oxygen atoms in total. The molecular formula is C58H93N11O24P2. The maximum atomic E-state index is 14.8. The minimum absolute atomic E-state index is 0.143. The number of carbonyl (C=O) groups excluding carboxylic acids is 6. The summed E-state index contributed by atoms with van der Waals surface area (Å²) >= 11 is 0. The summed E-state index contributed by atoms with van der Waals surface area (Å²) in [6.07, 6.45) is -15.2. The number of hydrogen-bond donors (Lipinski definition) is 13. The smallest absolute Gasteiger partial charge is 0.388 e. The van der Waals surface area contributed by atoms with Crippen LogP contribution in [0.3, 0.4) is 0 Å². The molecule has 0 aliphatic carbocycles. The Hall–Kier alpha value is -5.95. The fourth-order valence-electron chi connectivity index (χ4n) is 12.1. The number of phosphoric ester groups is 2. The minimum atomic E-state index is -5.86. The van der Waals surface area contributed by atoms with E-state index in [0.29, 0.717) is 31.4 Å². The summed E-state index contributed by atoms with van der Waals surface area (Å²) in [5.41, 5.74) is 4.79. The van der Waals surface area contributed by atoms with Crippen molar-refractivity contribution >= 4 is 68.2 Å². The zero-order chi connectivity index (χ0) is 70.9. The second-order valence-electron chi connectivity index (χ2n) is 24.9. The van der Waals surface area contributed by atoms with Gasteiger partial charge in [0.15, 0.2) is 23.6 Å². The van der Waals surface area contributed by atoms with Crippen molar-refractivity contribution in [2.75, 3.05) is 53.7 Å². The molecule has 3 saturated heterocycles. The summed E-state index contributed by atoms with van der Waals surface area (Å²) in [5, 5.41) is 72.6. The van der Waals surface area contributed by atoms with Gasteiger partial charge >= 0.3 is 15.6 Å². The Morgan fingerprint density at radius 3 is 2.15 bits per heavy atom. The number of hydrogen-bond acceptors (Lipinski definition) is 25. The van der Waals surface area contributed by atoms with Crippen LogP contribution < -0.4 is 27.2 Å². The van der Waals surface area contributed by atoms with Crippen molar-refractivity contribution in [1.82, 2.24) is 50.2 Å². The second-order valence-corrected chi connectivity index (χ2v) is 27.9. The average Bonchev–Trinajstić information content (AvgIpc) is 1.61. The average molecular weight is 1390 g/mol. The molecule has 95 heavy (non-hydrogen) atoms. The Morgan fingerprint density at radius 1 is 0.884 bits per heavy atom. The van der Waals surface area contributed by atoms with Gasteiger partial charge in [0.05, 0.1) is 55.4 Å². The van der Waals surface area contributed by atoms with Crippen LogP contribution in [0.15, 0.2) is 41.5 Å². The highest BCUT2D eigenvalue weighted by Crippen LogP contribution is 2.62. The number of methoxy groups -OCH3 is 2. The molecule has 6 amide bonds. The molecule has 11 unspecified atom stereocenters. The maximum Gasteiger partial charge on any atom is 0.483 e. The molecule has 2 aromatic heterocycles. The largest absolute Gasteiger partial charge is 0.483 e. The van der Waals surface area contributed by atoms with Crippen LogP contribution >= 0.6 is 15.6 Å². The van der Waals surface area contributed by atoms with E-state index >= 15 is 0 Å². The zero-order valence-corrected chi connectivity index (χ0v) is 56.9. The topological polar surface area (TPSA) is 498 Å². The molecule has 0 spiro atoms. The molecule has 3 aliphatic heterocycles. The number of aromatic nitrogens is 4. The number of imidazole rings is 1. The summed E-state index contributed by atoms with van der Waals surface area (Å²) in [5.74, 6) is -8.37.